The van der Waals surface area contributed by atoms with E-state index in [1.54, 1.807) is 0 Å². The maximum absolute atomic E-state index is 3.74. The van der Waals surface area contributed by atoms with Crippen molar-refractivity contribution in [3.05, 3.63) is 0 Å². The Balaban J connectivity index is 3.49. The maximum Gasteiger partial charge on any atom is 0.00670 e. The molecule has 1 atom stereocenters. The number of unbranched alkanes of at least 4 members (excludes halogenated alkanes) is 8. The zero-order valence-corrected chi connectivity index (χ0v) is 14.0. The third-order valence-electron chi connectivity index (χ3n) is 4.00. The second-order valence-electron chi connectivity index (χ2n) is 6.06. The third kappa shape index (κ3) is 14.2. The molecule has 0 aliphatic rings. The van der Waals surface area contributed by atoms with E-state index in [9.17, 15) is 0 Å². The molecule has 0 aromatic rings. The second-order valence-corrected chi connectivity index (χ2v) is 6.06. The van der Waals surface area contributed by atoms with Crippen molar-refractivity contribution in [3.8, 4) is 0 Å². The third-order valence-corrected chi connectivity index (χ3v) is 4.00. The Kier molecular flexibility index (Phi) is 16.0. The van der Waals surface area contributed by atoms with Crippen LogP contribution in [0.5, 0.6) is 0 Å². The lowest BCUT2D eigenvalue weighted by molar-refractivity contribution is 0.415. The molecule has 0 aliphatic carbocycles. The van der Waals surface area contributed by atoms with Gasteiger partial charge in [-0.1, -0.05) is 85.0 Å². The standard InChI is InChI=1S/C18H39N/c1-4-7-9-10-11-12-14-16-18(19-17-6-3)15-13-8-5-2/h18-19H,4-17H2,1-3H3. The van der Waals surface area contributed by atoms with Crippen LogP contribution in [-0.4, -0.2) is 12.6 Å². The molecule has 1 heteroatoms. The zero-order valence-electron chi connectivity index (χ0n) is 14.0. The van der Waals surface area contributed by atoms with Crippen molar-refractivity contribution in [2.24, 2.45) is 0 Å². The van der Waals surface area contributed by atoms with Gasteiger partial charge in [-0.05, 0) is 25.8 Å². The summed E-state index contributed by atoms with van der Waals surface area (Å²) < 4.78 is 0. The molecule has 0 fully saturated rings. The summed E-state index contributed by atoms with van der Waals surface area (Å²) in [6.45, 7) is 8.06. The molecule has 0 aromatic heterocycles. The molecule has 19 heavy (non-hydrogen) atoms. The molecule has 116 valence electrons. The van der Waals surface area contributed by atoms with Crippen LogP contribution in [0.1, 0.15) is 104 Å². The molecule has 0 rings (SSSR count). The Labute approximate surface area is 122 Å². The van der Waals surface area contributed by atoms with Crippen molar-refractivity contribution >= 4 is 0 Å². The Bertz CT molecular complexity index is 156. The van der Waals surface area contributed by atoms with Crippen LogP contribution >= 0.6 is 0 Å². The average Bonchev–Trinajstić information content (AvgIpc) is 2.43. The first-order valence-corrected chi connectivity index (χ1v) is 9.08. The van der Waals surface area contributed by atoms with Crippen LogP contribution in [0.2, 0.25) is 0 Å². The molecule has 1 unspecified atom stereocenters. The van der Waals surface area contributed by atoms with E-state index in [2.05, 4.69) is 26.1 Å². The largest absolute Gasteiger partial charge is 0.314 e. The smallest absolute Gasteiger partial charge is 0.00670 e. The van der Waals surface area contributed by atoms with Crippen LogP contribution in [0, 0.1) is 0 Å². The summed E-state index contributed by atoms with van der Waals surface area (Å²) in [5.74, 6) is 0. The fraction of sp³-hybridized carbons (Fsp3) is 1.00. The quantitative estimate of drug-likeness (QED) is 0.355. The molecule has 0 aliphatic heterocycles. The summed E-state index contributed by atoms with van der Waals surface area (Å²) in [4.78, 5) is 0. The number of hydrogen-bond acceptors (Lipinski definition) is 1. The van der Waals surface area contributed by atoms with Gasteiger partial charge in [-0.2, -0.15) is 0 Å². The van der Waals surface area contributed by atoms with Gasteiger partial charge < -0.3 is 5.32 Å². The highest BCUT2D eigenvalue weighted by Crippen LogP contribution is 2.13. The minimum atomic E-state index is 0.794. The first-order chi connectivity index (χ1) is 9.35. The van der Waals surface area contributed by atoms with Crippen LogP contribution in [0.3, 0.4) is 0 Å². The van der Waals surface area contributed by atoms with Gasteiger partial charge in [0.05, 0.1) is 0 Å². The average molecular weight is 270 g/mol. The molecule has 0 spiro atoms. The van der Waals surface area contributed by atoms with Crippen LogP contribution < -0.4 is 5.32 Å². The van der Waals surface area contributed by atoms with E-state index in [-0.39, 0.29) is 0 Å². The Hall–Kier alpha value is -0.0400. The minimum Gasteiger partial charge on any atom is -0.314 e. The van der Waals surface area contributed by atoms with Gasteiger partial charge in [0.2, 0.25) is 0 Å². The fourth-order valence-electron chi connectivity index (χ4n) is 2.69. The van der Waals surface area contributed by atoms with Crippen molar-refractivity contribution in [1.82, 2.24) is 5.32 Å². The van der Waals surface area contributed by atoms with Gasteiger partial charge >= 0.3 is 0 Å². The van der Waals surface area contributed by atoms with Crippen LogP contribution in [0.25, 0.3) is 0 Å². The molecule has 0 saturated carbocycles. The summed E-state index contributed by atoms with van der Waals surface area (Å²) in [5.41, 5.74) is 0. The molecule has 0 amide bonds. The summed E-state index contributed by atoms with van der Waals surface area (Å²) >= 11 is 0. The molecule has 0 bridgehead atoms. The Morgan fingerprint density at radius 3 is 1.63 bits per heavy atom. The van der Waals surface area contributed by atoms with E-state index in [0.717, 1.165) is 6.04 Å². The molecular formula is C18H39N. The fourth-order valence-corrected chi connectivity index (χ4v) is 2.69. The first kappa shape index (κ1) is 19.0. The van der Waals surface area contributed by atoms with E-state index in [1.165, 1.54) is 90.0 Å². The summed E-state index contributed by atoms with van der Waals surface area (Å²) in [5, 5.41) is 3.74. The van der Waals surface area contributed by atoms with Crippen molar-refractivity contribution in [2.75, 3.05) is 6.54 Å². The van der Waals surface area contributed by atoms with Gasteiger partial charge in [-0.25, -0.2) is 0 Å². The van der Waals surface area contributed by atoms with Crippen LogP contribution in [0.15, 0.2) is 0 Å². The van der Waals surface area contributed by atoms with Gasteiger partial charge in [0.25, 0.3) is 0 Å². The summed E-state index contributed by atoms with van der Waals surface area (Å²) in [7, 11) is 0. The number of rotatable bonds is 15. The zero-order chi connectivity index (χ0) is 14.2. The predicted molar refractivity (Wildman–Crippen MR) is 88.8 cm³/mol. The Morgan fingerprint density at radius 1 is 0.579 bits per heavy atom. The Morgan fingerprint density at radius 2 is 1.05 bits per heavy atom. The van der Waals surface area contributed by atoms with Gasteiger partial charge in [0.15, 0.2) is 0 Å². The van der Waals surface area contributed by atoms with Gasteiger partial charge in [-0.3, -0.25) is 0 Å². The van der Waals surface area contributed by atoms with Crippen LogP contribution in [0.4, 0.5) is 0 Å². The van der Waals surface area contributed by atoms with Crippen molar-refractivity contribution in [2.45, 2.75) is 110 Å². The van der Waals surface area contributed by atoms with E-state index in [4.69, 9.17) is 0 Å². The highest BCUT2D eigenvalue weighted by atomic mass is 14.9. The predicted octanol–water partition coefficient (Wildman–Crippen LogP) is 6.08. The van der Waals surface area contributed by atoms with Crippen molar-refractivity contribution < 1.29 is 0 Å². The molecule has 1 nitrogen and oxygen atoms in total. The minimum absolute atomic E-state index is 0.794. The lowest BCUT2D eigenvalue weighted by Crippen LogP contribution is -2.29. The second kappa shape index (κ2) is 16.0. The van der Waals surface area contributed by atoms with E-state index < -0.39 is 0 Å². The van der Waals surface area contributed by atoms with Gasteiger partial charge in [-0.15, -0.1) is 0 Å². The van der Waals surface area contributed by atoms with Gasteiger partial charge in [0.1, 0.15) is 0 Å². The highest BCUT2D eigenvalue weighted by molar-refractivity contribution is 4.67. The van der Waals surface area contributed by atoms with E-state index in [0.29, 0.717) is 0 Å². The van der Waals surface area contributed by atoms with E-state index in [1.807, 2.05) is 0 Å². The molecule has 0 heterocycles. The molecular weight excluding hydrogens is 230 g/mol. The SMILES string of the molecule is CCCCCCCCCC(CCCCC)NCCC. The lowest BCUT2D eigenvalue weighted by Gasteiger charge is -2.18. The summed E-state index contributed by atoms with van der Waals surface area (Å²) in [6.07, 6.45) is 18.2. The topological polar surface area (TPSA) is 12.0 Å². The first-order valence-electron chi connectivity index (χ1n) is 9.08. The number of nitrogens with one attached hydrogen (secondary N) is 1. The van der Waals surface area contributed by atoms with Crippen molar-refractivity contribution in [3.63, 3.8) is 0 Å². The van der Waals surface area contributed by atoms with Crippen molar-refractivity contribution in [1.29, 1.82) is 0 Å². The monoisotopic (exact) mass is 269 g/mol. The normalized spacial score (nSPS) is 12.8. The molecule has 1 N–H and O–H groups in total. The summed E-state index contributed by atoms with van der Waals surface area (Å²) in [6, 6.07) is 0.794. The number of hydrogen-bond donors (Lipinski definition) is 1. The molecule has 0 aromatic carbocycles. The molecule has 0 saturated heterocycles. The van der Waals surface area contributed by atoms with Crippen LogP contribution in [-0.2, 0) is 0 Å². The van der Waals surface area contributed by atoms with Gasteiger partial charge in [0, 0.05) is 6.04 Å². The lowest BCUT2D eigenvalue weighted by atomic mass is 10.0. The maximum atomic E-state index is 3.74. The highest BCUT2D eigenvalue weighted by Gasteiger charge is 2.06. The van der Waals surface area contributed by atoms with E-state index >= 15 is 0 Å². The molecule has 0 radical (unpaired) electrons.